The molecule has 100 valence electrons. The van der Waals surface area contributed by atoms with Gasteiger partial charge < -0.3 is 5.32 Å². The second kappa shape index (κ2) is 5.93. The first-order chi connectivity index (χ1) is 9.06. The van der Waals surface area contributed by atoms with Gasteiger partial charge in [-0.25, -0.2) is 9.37 Å². The zero-order valence-electron chi connectivity index (χ0n) is 10.8. The fraction of sp³-hybridized carbons (Fsp3) is 0.286. The van der Waals surface area contributed by atoms with Crippen LogP contribution in [0.15, 0.2) is 29.6 Å². The van der Waals surface area contributed by atoms with Crippen molar-refractivity contribution in [1.82, 2.24) is 10.3 Å². The maximum atomic E-state index is 12.7. The van der Waals surface area contributed by atoms with Gasteiger partial charge in [-0.15, -0.1) is 11.3 Å². The van der Waals surface area contributed by atoms with E-state index in [4.69, 9.17) is 0 Å². The number of thiazole rings is 1. The summed E-state index contributed by atoms with van der Waals surface area (Å²) in [5, 5.41) is 5.48. The SMILES string of the molecule is CC(C)c1nc(C(=O)NCc2ccc(F)cc2)cs1. The van der Waals surface area contributed by atoms with Crippen molar-refractivity contribution in [2.24, 2.45) is 0 Å². The van der Waals surface area contributed by atoms with Gasteiger partial charge in [0.15, 0.2) is 0 Å². The highest BCUT2D eigenvalue weighted by atomic mass is 32.1. The predicted octanol–water partition coefficient (Wildman–Crippen LogP) is 3.34. The van der Waals surface area contributed by atoms with Crippen molar-refractivity contribution in [3.63, 3.8) is 0 Å². The number of carbonyl (C=O) groups excluding carboxylic acids is 1. The lowest BCUT2D eigenvalue weighted by molar-refractivity contribution is 0.0946. The molecule has 1 N–H and O–H groups in total. The number of benzene rings is 1. The van der Waals surface area contributed by atoms with Crippen molar-refractivity contribution >= 4 is 17.2 Å². The quantitative estimate of drug-likeness (QED) is 0.932. The molecule has 1 heterocycles. The van der Waals surface area contributed by atoms with Crippen molar-refractivity contribution in [3.05, 3.63) is 51.7 Å². The van der Waals surface area contributed by atoms with Crippen molar-refractivity contribution in [3.8, 4) is 0 Å². The molecule has 2 rings (SSSR count). The van der Waals surface area contributed by atoms with E-state index in [0.717, 1.165) is 10.6 Å². The zero-order valence-corrected chi connectivity index (χ0v) is 11.6. The number of halogens is 1. The topological polar surface area (TPSA) is 42.0 Å². The Labute approximate surface area is 115 Å². The minimum absolute atomic E-state index is 0.201. The Balaban J connectivity index is 1.95. The smallest absolute Gasteiger partial charge is 0.271 e. The summed E-state index contributed by atoms with van der Waals surface area (Å²) >= 11 is 1.49. The number of rotatable bonds is 4. The van der Waals surface area contributed by atoms with Crippen LogP contribution in [0.25, 0.3) is 0 Å². The Bertz CT molecular complexity index is 563. The lowest BCUT2D eigenvalue weighted by Gasteiger charge is -2.03. The molecule has 0 aliphatic heterocycles. The minimum atomic E-state index is -0.281. The minimum Gasteiger partial charge on any atom is -0.347 e. The first-order valence-corrected chi connectivity index (χ1v) is 6.92. The van der Waals surface area contributed by atoms with Crippen LogP contribution in [-0.2, 0) is 6.54 Å². The van der Waals surface area contributed by atoms with E-state index in [1.165, 1.54) is 23.5 Å². The monoisotopic (exact) mass is 278 g/mol. The van der Waals surface area contributed by atoms with Gasteiger partial charge in [0.05, 0.1) is 5.01 Å². The Morgan fingerprint density at radius 1 is 1.37 bits per heavy atom. The molecule has 1 aromatic carbocycles. The van der Waals surface area contributed by atoms with E-state index in [1.807, 2.05) is 13.8 Å². The fourth-order valence-corrected chi connectivity index (χ4v) is 2.35. The summed E-state index contributed by atoms with van der Waals surface area (Å²) in [6.45, 7) is 4.45. The number of nitrogens with one attached hydrogen (secondary N) is 1. The van der Waals surface area contributed by atoms with Gasteiger partial charge in [0.2, 0.25) is 0 Å². The molecular weight excluding hydrogens is 263 g/mol. The summed E-state index contributed by atoms with van der Waals surface area (Å²) < 4.78 is 12.7. The first-order valence-electron chi connectivity index (χ1n) is 6.04. The summed E-state index contributed by atoms with van der Waals surface area (Å²) in [5.74, 6) is -0.160. The van der Waals surface area contributed by atoms with E-state index < -0.39 is 0 Å². The van der Waals surface area contributed by atoms with Gasteiger partial charge in [0, 0.05) is 17.8 Å². The van der Waals surface area contributed by atoms with Crippen LogP contribution >= 0.6 is 11.3 Å². The van der Waals surface area contributed by atoms with Crippen LogP contribution in [0.5, 0.6) is 0 Å². The molecule has 0 fully saturated rings. The van der Waals surface area contributed by atoms with Crippen LogP contribution in [0, 0.1) is 5.82 Å². The van der Waals surface area contributed by atoms with Gasteiger partial charge in [0.1, 0.15) is 11.5 Å². The summed E-state index contributed by atoms with van der Waals surface area (Å²) in [4.78, 5) is 16.2. The molecule has 0 saturated heterocycles. The number of amides is 1. The van der Waals surface area contributed by atoms with Crippen LogP contribution in [0.4, 0.5) is 4.39 Å². The molecule has 0 unspecified atom stereocenters. The lowest BCUT2D eigenvalue weighted by Crippen LogP contribution is -2.23. The average molecular weight is 278 g/mol. The van der Waals surface area contributed by atoms with Crippen molar-refractivity contribution in [1.29, 1.82) is 0 Å². The molecule has 0 saturated carbocycles. The first kappa shape index (κ1) is 13.7. The predicted molar refractivity (Wildman–Crippen MR) is 73.8 cm³/mol. The molecule has 0 aliphatic rings. The Kier molecular flexibility index (Phi) is 4.27. The lowest BCUT2D eigenvalue weighted by atomic mass is 10.2. The molecule has 0 aliphatic carbocycles. The van der Waals surface area contributed by atoms with Crippen LogP contribution in [-0.4, -0.2) is 10.9 Å². The average Bonchev–Trinajstić information content (AvgIpc) is 2.87. The van der Waals surface area contributed by atoms with Gasteiger partial charge in [-0.2, -0.15) is 0 Å². The highest BCUT2D eigenvalue weighted by molar-refractivity contribution is 7.09. The summed E-state index contributed by atoms with van der Waals surface area (Å²) in [6.07, 6.45) is 0. The number of hydrogen-bond acceptors (Lipinski definition) is 3. The molecule has 1 amide bonds. The second-order valence-electron chi connectivity index (χ2n) is 4.53. The summed E-state index contributed by atoms with van der Waals surface area (Å²) in [6, 6.07) is 6.05. The molecule has 0 bridgehead atoms. The number of aromatic nitrogens is 1. The zero-order chi connectivity index (χ0) is 13.8. The molecule has 3 nitrogen and oxygen atoms in total. The van der Waals surface area contributed by atoms with Crippen molar-refractivity contribution in [2.45, 2.75) is 26.3 Å². The number of hydrogen-bond donors (Lipinski definition) is 1. The van der Waals surface area contributed by atoms with Gasteiger partial charge in [0.25, 0.3) is 5.91 Å². The third kappa shape index (κ3) is 3.61. The van der Waals surface area contributed by atoms with E-state index in [9.17, 15) is 9.18 Å². The molecule has 5 heteroatoms. The summed E-state index contributed by atoms with van der Waals surface area (Å²) in [5.41, 5.74) is 1.30. The van der Waals surface area contributed by atoms with Crippen LogP contribution in [0.1, 0.15) is 40.8 Å². The van der Waals surface area contributed by atoms with E-state index >= 15 is 0 Å². The Hall–Kier alpha value is -1.75. The molecule has 0 spiro atoms. The summed E-state index contributed by atoms with van der Waals surface area (Å²) in [7, 11) is 0. The van der Waals surface area contributed by atoms with Gasteiger partial charge in [-0.3, -0.25) is 4.79 Å². The molecular formula is C14H15FN2OS. The molecule has 0 radical (unpaired) electrons. The third-order valence-electron chi connectivity index (χ3n) is 2.61. The van der Waals surface area contributed by atoms with Gasteiger partial charge in [-0.05, 0) is 17.7 Å². The highest BCUT2D eigenvalue weighted by Gasteiger charge is 2.12. The van der Waals surface area contributed by atoms with Gasteiger partial charge in [-0.1, -0.05) is 26.0 Å². The van der Waals surface area contributed by atoms with Crippen molar-refractivity contribution < 1.29 is 9.18 Å². The van der Waals surface area contributed by atoms with E-state index in [0.29, 0.717) is 18.2 Å². The third-order valence-corrected chi connectivity index (χ3v) is 3.76. The standard InChI is InChI=1S/C14H15FN2OS/c1-9(2)14-17-12(8-19-14)13(18)16-7-10-3-5-11(15)6-4-10/h3-6,8-9H,7H2,1-2H3,(H,16,18). The van der Waals surface area contributed by atoms with Crippen LogP contribution in [0.3, 0.4) is 0 Å². The van der Waals surface area contributed by atoms with Crippen molar-refractivity contribution in [2.75, 3.05) is 0 Å². The molecule has 2 aromatic rings. The van der Waals surface area contributed by atoms with Crippen LogP contribution in [0.2, 0.25) is 0 Å². The Morgan fingerprint density at radius 2 is 2.05 bits per heavy atom. The maximum absolute atomic E-state index is 12.7. The highest BCUT2D eigenvalue weighted by Crippen LogP contribution is 2.19. The second-order valence-corrected chi connectivity index (χ2v) is 5.42. The normalized spacial score (nSPS) is 10.7. The molecule has 19 heavy (non-hydrogen) atoms. The Morgan fingerprint density at radius 3 is 2.63 bits per heavy atom. The largest absolute Gasteiger partial charge is 0.347 e. The number of carbonyl (C=O) groups is 1. The fourth-order valence-electron chi connectivity index (χ4n) is 1.53. The maximum Gasteiger partial charge on any atom is 0.271 e. The van der Waals surface area contributed by atoms with E-state index in [-0.39, 0.29) is 11.7 Å². The van der Waals surface area contributed by atoms with E-state index in [2.05, 4.69) is 10.3 Å². The van der Waals surface area contributed by atoms with Crippen LogP contribution < -0.4 is 5.32 Å². The number of nitrogens with zero attached hydrogens (tertiary/aromatic N) is 1. The molecule has 1 aromatic heterocycles. The molecule has 0 atom stereocenters. The van der Waals surface area contributed by atoms with Gasteiger partial charge >= 0.3 is 0 Å². The van der Waals surface area contributed by atoms with E-state index in [1.54, 1.807) is 17.5 Å².